The van der Waals surface area contributed by atoms with Gasteiger partial charge in [0.15, 0.2) is 10.7 Å². The van der Waals surface area contributed by atoms with Gasteiger partial charge >= 0.3 is 22.4 Å². The van der Waals surface area contributed by atoms with Crippen molar-refractivity contribution in [2.24, 2.45) is 11.7 Å². The lowest BCUT2D eigenvalue weighted by molar-refractivity contribution is -0.141. The van der Waals surface area contributed by atoms with E-state index in [0.717, 1.165) is 42.1 Å². The SMILES string of the molecule is NC(=O)OS(=O)(=O)c1cc(NC(=O)c2cc(C#CC3CC3)c(C(F)(F)F)nc2N2CCC(F)(F)CC2)ccn1. The maximum Gasteiger partial charge on any atom is 0.434 e. The number of piperidine rings is 1. The summed E-state index contributed by atoms with van der Waals surface area (Å²) in [5.41, 5.74) is 2.21. The van der Waals surface area contributed by atoms with Crippen molar-refractivity contribution in [3.05, 3.63) is 41.2 Å². The molecule has 1 saturated heterocycles. The number of primary amides is 1. The molecule has 10 nitrogen and oxygen atoms in total. The Morgan fingerprint density at radius 3 is 2.44 bits per heavy atom. The Morgan fingerprint density at radius 1 is 1.18 bits per heavy atom. The molecule has 208 valence electrons. The topological polar surface area (TPSA) is 145 Å². The molecule has 2 aromatic heterocycles. The number of rotatable bonds is 5. The number of nitrogens with one attached hydrogen (secondary N) is 1. The van der Waals surface area contributed by atoms with Gasteiger partial charge in [0.2, 0.25) is 0 Å². The molecule has 16 heteroatoms. The van der Waals surface area contributed by atoms with E-state index in [4.69, 9.17) is 5.73 Å². The number of carbonyl (C=O) groups is 2. The first-order valence-electron chi connectivity index (χ1n) is 11.4. The van der Waals surface area contributed by atoms with Crippen molar-refractivity contribution >= 4 is 33.6 Å². The summed E-state index contributed by atoms with van der Waals surface area (Å²) >= 11 is 0. The lowest BCUT2D eigenvalue weighted by Gasteiger charge is -2.34. The third kappa shape index (κ3) is 6.91. The van der Waals surface area contributed by atoms with Crippen LogP contribution in [0.25, 0.3) is 0 Å². The van der Waals surface area contributed by atoms with E-state index in [1.807, 2.05) is 0 Å². The van der Waals surface area contributed by atoms with E-state index < -0.39 is 74.7 Å². The van der Waals surface area contributed by atoms with Crippen molar-refractivity contribution in [2.45, 2.75) is 42.8 Å². The number of halogens is 5. The van der Waals surface area contributed by atoms with E-state index >= 15 is 0 Å². The Kier molecular flexibility index (Phi) is 7.39. The normalized spacial score (nSPS) is 17.1. The van der Waals surface area contributed by atoms with Crippen molar-refractivity contribution < 1.29 is 44.1 Å². The number of hydrogen-bond donors (Lipinski definition) is 2. The quantitative estimate of drug-likeness (QED) is 0.314. The second-order valence-corrected chi connectivity index (χ2v) is 10.3. The van der Waals surface area contributed by atoms with Gasteiger partial charge in [0.1, 0.15) is 5.82 Å². The zero-order valence-corrected chi connectivity index (χ0v) is 20.7. The second kappa shape index (κ2) is 10.3. The first-order valence-corrected chi connectivity index (χ1v) is 12.8. The van der Waals surface area contributed by atoms with Crippen LogP contribution >= 0.6 is 0 Å². The molecule has 0 atom stereocenters. The third-order valence-corrected chi connectivity index (χ3v) is 6.86. The maximum absolute atomic E-state index is 13.9. The van der Waals surface area contributed by atoms with Crippen molar-refractivity contribution in [2.75, 3.05) is 23.3 Å². The van der Waals surface area contributed by atoms with Gasteiger partial charge in [-0.1, -0.05) is 11.8 Å². The van der Waals surface area contributed by atoms with E-state index in [-0.39, 0.29) is 24.7 Å². The lowest BCUT2D eigenvalue weighted by atomic mass is 10.0. The molecule has 2 fully saturated rings. The number of nitrogens with zero attached hydrogens (tertiary/aromatic N) is 3. The summed E-state index contributed by atoms with van der Waals surface area (Å²) in [5.74, 6) is 0.518. The zero-order valence-electron chi connectivity index (χ0n) is 19.9. The van der Waals surface area contributed by atoms with Crippen LogP contribution in [0.1, 0.15) is 47.3 Å². The van der Waals surface area contributed by atoms with E-state index in [1.54, 1.807) is 0 Å². The fourth-order valence-electron chi connectivity index (χ4n) is 3.65. The molecule has 0 spiro atoms. The summed E-state index contributed by atoms with van der Waals surface area (Å²) in [6, 6.07) is 2.87. The second-order valence-electron chi connectivity index (χ2n) is 8.83. The van der Waals surface area contributed by atoms with Crippen LogP contribution in [0.15, 0.2) is 29.4 Å². The first-order chi connectivity index (χ1) is 18.1. The van der Waals surface area contributed by atoms with E-state index in [9.17, 15) is 40.0 Å². The fraction of sp³-hybridized carbons (Fsp3) is 0.391. The van der Waals surface area contributed by atoms with E-state index in [0.29, 0.717) is 0 Å². The molecule has 0 radical (unpaired) electrons. The van der Waals surface area contributed by atoms with Gasteiger partial charge in [0, 0.05) is 49.8 Å². The summed E-state index contributed by atoms with van der Waals surface area (Å²) in [6.45, 7) is -0.737. The predicted molar refractivity (Wildman–Crippen MR) is 125 cm³/mol. The maximum atomic E-state index is 13.9. The molecule has 1 aliphatic carbocycles. The van der Waals surface area contributed by atoms with Gasteiger partial charge in [0.05, 0.1) is 11.1 Å². The highest BCUT2D eigenvalue weighted by Gasteiger charge is 2.40. The largest absolute Gasteiger partial charge is 0.434 e. The molecule has 4 rings (SSSR count). The Bertz CT molecular complexity index is 1470. The van der Waals surface area contributed by atoms with Crippen LogP contribution in [-0.2, 0) is 20.5 Å². The minimum absolute atomic E-state index is 0.0767. The predicted octanol–water partition coefficient (Wildman–Crippen LogP) is 3.53. The number of anilines is 2. The van der Waals surface area contributed by atoms with Crippen molar-refractivity contribution in [1.29, 1.82) is 0 Å². The molecule has 2 aromatic rings. The van der Waals surface area contributed by atoms with E-state index in [2.05, 4.69) is 31.3 Å². The molecule has 2 amide bonds. The van der Waals surface area contributed by atoms with Crippen molar-refractivity contribution in [3.8, 4) is 11.8 Å². The molecular formula is C23H20F5N5O5S. The van der Waals surface area contributed by atoms with Gasteiger partial charge in [-0.15, -0.1) is 0 Å². The Balaban J connectivity index is 1.75. The van der Waals surface area contributed by atoms with Crippen molar-refractivity contribution in [1.82, 2.24) is 9.97 Å². The van der Waals surface area contributed by atoms with Gasteiger partial charge in [-0.2, -0.15) is 21.6 Å². The molecule has 1 aliphatic heterocycles. The summed E-state index contributed by atoms with van der Waals surface area (Å²) in [5, 5.41) is 1.53. The number of carbonyl (C=O) groups excluding carboxylic acids is 2. The average Bonchev–Trinajstić information content (AvgIpc) is 3.66. The number of amides is 2. The number of pyridine rings is 2. The van der Waals surface area contributed by atoms with Gasteiger partial charge in [-0.25, -0.2) is 23.5 Å². The van der Waals surface area contributed by atoms with Crippen LogP contribution in [0.5, 0.6) is 0 Å². The fourth-order valence-corrected chi connectivity index (χ4v) is 4.41. The van der Waals surface area contributed by atoms with Gasteiger partial charge in [0.25, 0.3) is 11.8 Å². The molecule has 0 aromatic carbocycles. The monoisotopic (exact) mass is 573 g/mol. The van der Waals surface area contributed by atoms with E-state index in [1.165, 1.54) is 0 Å². The minimum Gasteiger partial charge on any atom is -0.355 e. The van der Waals surface area contributed by atoms with Crippen molar-refractivity contribution in [3.63, 3.8) is 0 Å². The lowest BCUT2D eigenvalue weighted by Crippen LogP contribution is -2.41. The molecule has 39 heavy (non-hydrogen) atoms. The molecule has 0 bridgehead atoms. The molecular weight excluding hydrogens is 553 g/mol. The highest BCUT2D eigenvalue weighted by molar-refractivity contribution is 7.87. The third-order valence-electron chi connectivity index (χ3n) is 5.74. The summed E-state index contributed by atoms with van der Waals surface area (Å²) in [4.78, 5) is 32.5. The average molecular weight is 574 g/mol. The standard InChI is InChI=1S/C23H20F5N5O5S/c24-22(25)6-9-33(10-7-22)19-16(11-14(4-3-13-1-2-13)18(32-19)23(26,27)28)20(34)31-15-5-8-30-17(12-15)39(36,37)38-21(29)35/h5,8,11-13H,1-2,6-7,9-10H2,(H2,29,35)(H,30,31,34). The van der Waals surface area contributed by atoms with Gasteiger partial charge < -0.3 is 20.1 Å². The molecule has 3 heterocycles. The number of aromatic nitrogens is 2. The van der Waals surface area contributed by atoms with Gasteiger partial charge in [-0.3, -0.25) is 4.79 Å². The summed E-state index contributed by atoms with van der Waals surface area (Å²) in [7, 11) is -4.73. The zero-order chi connectivity index (χ0) is 28.6. The molecule has 3 N–H and O–H groups in total. The van der Waals surface area contributed by atoms with Crippen LogP contribution < -0.4 is 16.0 Å². The number of hydrogen-bond acceptors (Lipinski definition) is 8. The first kappa shape index (κ1) is 28.0. The minimum atomic E-state index is -4.95. The highest BCUT2D eigenvalue weighted by Crippen LogP contribution is 2.37. The van der Waals surface area contributed by atoms with Crippen LogP contribution in [0.3, 0.4) is 0 Å². The van der Waals surface area contributed by atoms with Crippen LogP contribution in [0.2, 0.25) is 0 Å². The Hall–Kier alpha value is -4.00. The van der Waals surface area contributed by atoms with Gasteiger partial charge in [-0.05, 0) is 25.0 Å². The Labute approximate surface area is 218 Å². The van der Waals surface area contributed by atoms with Crippen LogP contribution in [0.4, 0.5) is 38.3 Å². The van der Waals surface area contributed by atoms with Crippen LogP contribution in [0, 0.1) is 17.8 Å². The summed E-state index contributed by atoms with van der Waals surface area (Å²) in [6.07, 6.45) is -5.50. The number of alkyl halides is 5. The molecule has 1 saturated carbocycles. The molecule has 2 aliphatic rings. The molecule has 0 unspecified atom stereocenters. The number of nitrogens with two attached hydrogens (primary N) is 1. The summed E-state index contributed by atoms with van der Waals surface area (Å²) < 4.78 is 97.4. The Morgan fingerprint density at radius 2 is 1.85 bits per heavy atom. The van der Waals surface area contributed by atoms with Crippen LogP contribution in [-0.4, -0.2) is 49.4 Å². The highest BCUT2D eigenvalue weighted by atomic mass is 32.2. The smallest absolute Gasteiger partial charge is 0.355 e.